The number of aryl methyl sites for hydroxylation is 3. The summed E-state index contributed by atoms with van der Waals surface area (Å²) in [4.78, 5) is 0. The first-order valence-electron chi connectivity index (χ1n) is 11.8. The summed E-state index contributed by atoms with van der Waals surface area (Å²) in [6.45, 7) is 13.6. The van der Waals surface area contributed by atoms with Crippen LogP contribution in [0.15, 0.2) is 71.5 Å². The number of halogens is 1. The van der Waals surface area contributed by atoms with Crippen molar-refractivity contribution in [2.24, 2.45) is 4.74 Å². The molecule has 0 aliphatic carbocycles. The Morgan fingerprint density at radius 3 is 2.32 bits per heavy atom. The highest BCUT2D eigenvalue weighted by atomic mass is 31.2. The fourth-order valence-electron chi connectivity index (χ4n) is 4.07. The summed E-state index contributed by atoms with van der Waals surface area (Å²) in [5.41, 5.74) is 5.22. The average Bonchev–Trinajstić information content (AvgIpc) is 3.15. The molecule has 0 spiro atoms. The molecule has 6 heteroatoms. The van der Waals surface area contributed by atoms with Gasteiger partial charge in [0.25, 0.3) is 0 Å². The SMILES string of the molecule is CCCn1nc2ccccc2c1[P@](=Nc1ccc(C)c(C)c1)(Oc1ccc(F)cc1)C(C)(C)C. The largest absolute Gasteiger partial charge is 0.454 e. The van der Waals surface area contributed by atoms with Crippen molar-refractivity contribution in [2.45, 2.75) is 59.7 Å². The van der Waals surface area contributed by atoms with Crippen LogP contribution in [0.4, 0.5) is 10.1 Å². The molecule has 0 fully saturated rings. The molecule has 0 unspecified atom stereocenters. The third-order valence-electron chi connectivity index (χ3n) is 6.05. The number of hydrogen-bond acceptors (Lipinski definition) is 3. The molecule has 0 bridgehead atoms. The Balaban J connectivity index is 2.12. The Labute approximate surface area is 201 Å². The van der Waals surface area contributed by atoms with Crippen LogP contribution in [0.25, 0.3) is 10.9 Å². The van der Waals surface area contributed by atoms with Crippen LogP contribution in [-0.2, 0) is 6.54 Å². The maximum Gasteiger partial charge on any atom is 0.191 e. The van der Waals surface area contributed by atoms with Crippen LogP contribution < -0.4 is 9.96 Å². The zero-order valence-electron chi connectivity index (χ0n) is 20.8. The molecule has 1 atom stereocenters. The van der Waals surface area contributed by atoms with Crippen LogP contribution in [0.2, 0.25) is 0 Å². The van der Waals surface area contributed by atoms with Gasteiger partial charge in [-0.15, -0.1) is 0 Å². The minimum atomic E-state index is -2.79. The standard InChI is InChI=1S/C28H33FN3OP/c1-7-18-32-27(25-10-8-9-11-26(25)30-32)34(28(4,5)6,33-24-16-13-22(29)14-17-24)31-23-15-12-20(2)21(3)19-23/h8-17,19H,7,18H2,1-6H3/t34-/m0/s1. The lowest BCUT2D eigenvalue weighted by atomic mass is 10.1. The minimum Gasteiger partial charge on any atom is -0.454 e. The van der Waals surface area contributed by atoms with E-state index in [1.54, 1.807) is 12.1 Å². The Bertz CT molecular complexity index is 1370. The number of nitrogens with zero attached hydrogens (tertiary/aromatic N) is 3. The summed E-state index contributed by atoms with van der Waals surface area (Å²) in [5, 5.41) is 5.64. The molecule has 1 aromatic heterocycles. The summed E-state index contributed by atoms with van der Waals surface area (Å²) in [7, 11) is -2.79. The van der Waals surface area contributed by atoms with Gasteiger partial charge in [0.2, 0.25) is 0 Å². The van der Waals surface area contributed by atoms with Gasteiger partial charge < -0.3 is 4.52 Å². The normalized spacial score (nSPS) is 13.6. The number of hydrogen-bond donors (Lipinski definition) is 0. The number of fused-ring (bicyclic) bond motifs is 1. The molecular formula is C28H33FN3OP. The van der Waals surface area contributed by atoms with Crippen LogP contribution in [0.1, 0.15) is 45.2 Å². The molecule has 178 valence electrons. The summed E-state index contributed by atoms with van der Waals surface area (Å²) in [6.07, 6.45) is 0.936. The van der Waals surface area contributed by atoms with Crippen molar-refractivity contribution in [3.63, 3.8) is 0 Å². The molecule has 4 nitrogen and oxygen atoms in total. The van der Waals surface area contributed by atoms with Crippen LogP contribution in [0.3, 0.4) is 0 Å². The van der Waals surface area contributed by atoms with Gasteiger partial charge in [-0.25, -0.2) is 9.14 Å². The van der Waals surface area contributed by atoms with Gasteiger partial charge in [-0.3, -0.25) is 4.68 Å². The van der Waals surface area contributed by atoms with Crippen molar-refractivity contribution < 1.29 is 8.91 Å². The first kappa shape index (κ1) is 24.2. The van der Waals surface area contributed by atoms with E-state index in [9.17, 15) is 4.39 Å². The first-order chi connectivity index (χ1) is 16.1. The van der Waals surface area contributed by atoms with E-state index in [2.05, 4.69) is 70.5 Å². The summed E-state index contributed by atoms with van der Waals surface area (Å²) in [6, 6.07) is 20.7. The van der Waals surface area contributed by atoms with Crippen LogP contribution in [0, 0.1) is 19.7 Å². The van der Waals surface area contributed by atoms with Gasteiger partial charge in [0.15, 0.2) is 7.28 Å². The van der Waals surface area contributed by atoms with E-state index in [4.69, 9.17) is 14.4 Å². The molecule has 0 aliphatic rings. The zero-order valence-corrected chi connectivity index (χ0v) is 21.7. The predicted molar refractivity (Wildman–Crippen MR) is 141 cm³/mol. The van der Waals surface area contributed by atoms with Crippen LogP contribution >= 0.6 is 7.28 Å². The Hall–Kier alpha value is -2.91. The summed E-state index contributed by atoms with van der Waals surface area (Å²) in [5.74, 6) is 0.310. The number of benzene rings is 3. The van der Waals surface area contributed by atoms with E-state index in [0.717, 1.165) is 35.0 Å². The third kappa shape index (κ3) is 4.54. The third-order valence-corrected chi connectivity index (χ3v) is 9.90. The van der Waals surface area contributed by atoms with Gasteiger partial charge in [0.1, 0.15) is 17.0 Å². The Kier molecular flexibility index (Phi) is 6.69. The second-order valence-electron chi connectivity index (χ2n) is 9.72. The Morgan fingerprint density at radius 2 is 1.68 bits per heavy atom. The highest BCUT2D eigenvalue weighted by Gasteiger charge is 2.43. The van der Waals surface area contributed by atoms with E-state index in [1.165, 1.54) is 23.3 Å². The fourth-order valence-corrected chi connectivity index (χ4v) is 7.35. The molecule has 4 rings (SSSR count). The number of aromatic nitrogens is 2. The van der Waals surface area contributed by atoms with Crippen molar-refractivity contribution in [3.05, 3.63) is 83.7 Å². The average molecular weight is 478 g/mol. The molecule has 0 saturated carbocycles. The van der Waals surface area contributed by atoms with Gasteiger partial charge in [0.05, 0.1) is 11.2 Å². The van der Waals surface area contributed by atoms with Gasteiger partial charge in [-0.2, -0.15) is 5.10 Å². The van der Waals surface area contributed by atoms with Crippen molar-refractivity contribution in [1.29, 1.82) is 0 Å². The molecule has 0 aliphatic heterocycles. The van der Waals surface area contributed by atoms with Crippen molar-refractivity contribution >= 4 is 29.3 Å². The molecule has 0 amide bonds. The Morgan fingerprint density at radius 1 is 0.971 bits per heavy atom. The second kappa shape index (κ2) is 9.38. The smallest absolute Gasteiger partial charge is 0.191 e. The lowest BCUT2D eigenvalue weighted by molar-refractivity contribution is 0.555. The quantitative estimate of drug-likeness (QED) is 0.263. The van der Waals surface area contributed by atoms with E-state index in [-0.39, 0.29) is 11.0 Å². The first-order valence-corrected chi connectivity index (χ1v) is 13.4. The minimum absolute atomic E-state index is 0.292. The monoisotopic (exact) mass is 477 g/mol. The van der Waals surface area contributed by atoms with E-state index >= 15 is 0 Å². The lowest BCUT2D eigenvalue weighted by Gasteiger charge is -2.37. The molecule has 0 radical (unpaired) electrons. The van der Waals surface area contributed by atoms with Crippen molar-refractivity contribution in [2.75, 3.05) is 0 Å². The predicted octanol–water partition coefficient (Wildman–Crippen LogP) is 8.15. The topological polar surface area (TPSA) is 39.4 Å². The van der Waals surface area contributed by atoms with E-state index in [1.807, 2.05) is 18.2 Å². The highest BCUT2D eigenvalue weighted by Crippen LogP contribution is 2.62. The van der Waals surface area contributed by atoms with Crippen LogP contribution in [0.5, 0.6) is 5.75 Å². The van der Waals surface area contributed by atoms with Gasteiger partial charge in [-0.05, 0) is 73.9 Å². The molecule has 0 N–H and O–H groups in total. The lowest BCUT2D eigenvalue weighted by Crippen LogP contribution is -2.32. The molecule has 4 aromatic rings. The van der Waals surface area contributed by atoms with Crippen molar-refractivity contribution in [3.8, 4) is 5.75 Å². The molecule has 0 saturated heterocycles. The molecule has 3 aromatic carbocycles. The molecule has 1 heterocycles. The zero-order chi connectivity index (χ0) is 24.5. The van der Waals surface area contributed by atoms with Gasteiger partial charge in [0, 0.05) is 17.1 Å². The maximum atomic E-state index is 13.7. The van der Waals surface area contributed by atoms with Gasteiger partial charge in [-0.1, -0.05) is 52.0 Å². The van der Waals surface area contributed by atoms with E-state index < -0.39 is 7.28 Å². The second-order valence-corrected chi connectivity index (χ2v) is 13.0. The van der Waals surface area contributed by atoms with Gasteiger partial charge >= 0.3 is 0 Å². The highest BCUT2D eigenvalue weighted by molar-refractivity contribution is 7.71. The molecule has 34 heavy (non-hydrogen) atoms. The fraction of sp³-hybridized carbons (Fsp3) is 0.321. The molecular weight excluding hydrogens is 444 g/mol. The van der Waals surface area contributed by atoms with E-state index in [0.29, 0.717) is 5.75 Å². The summed E-state index contributed by atoms with van der Waals surface area (Å²) >= 11 is 0. The van der Waals surface area contributed by atoms with Crippen molar-refractivity contribution in [1.82, 2.24) is 9.78 Å². The van der Waals surface area contributed by atoms with Crippen LogP contribution in [-0.4, -0.2) is 14.9 Å². The maximum absolute atomic E-state index is 13.7. The summed E-state index contributed by atoms with van der Waals surface area (Å²) < 4.78 is 28.2. The number of rotatable bonds is 6.